The fourth-order valence-electron chi connectivity index (χ4n) is 2.42. The van der Waals surface area contributed by atoms with Crippen molar-refractivity contribution in [2.45, 2.75) is 17.8 Å². The summed E-state index contributed by atoms with van der Waals surface area (Å²) in [5.41, 5.74) is 2.18. The molecule has 3 aromatic heterocycles. The number of halogens is 1. The molecule has 0 saturated heterocycles. The van der Waals surface area contributed by atoms with E-state index in [0.29, 0.717) is 37.7 Å². The Hall–Kier alpha value is -2.29. The third-order valence-corrected chi connectivity index (χ3v) is 5.65. The van der Waals surface area contributed by atoms with Crippen molar-refractivity contribution in [2.75, 3.05) is 0 Å². The maximum Gasteiger partial charge on any atom is 0.267 e. The predicted molar refractivity (Wildman–Crippen MR) is 104 cm³/mol. The van der Waals surface area contributed by atoms with Crippen LogP contribution in [0.1, 0.15) is 11.3 Å². The van der Waals surface area contributed by atoms with Crippen molar-refractivity contribution in [3.8, 4) is 5.82 Å². The van der Waals surface area contributed by atoms with Crippen LogP contribution in [-0.2, 0) is 5.75 Å². The molecule has 0 unspecified atom stereocenters. The summed E-state index contributed by atoms with van der Waals surface area (Å²) in [5, 5.41) is 5.10. The summed E-state index contributed by atoms with van der Waals surface area (Å²) in [5.74, 6) is 0.996. The third-order valence-electron chi connectivity index (χ3n) is 3.72. The average molecular weight is 402 g/mol. The first-order valence-corrected chi connectivity index (χ1v) is 9.81. The SMILES string of the molecule is Cc1ccc(-n2c(SCc3nnsc3Cl)nc3ccccc3c2=O)nc1. The molecule has 0 atom stereocenters. The molecule has 0 saturated carbocycles. The summed E-state index contributed by atoms with van der Waals surface area (Å²) in [4.78, 5) is 22.1. The number of nitrogens with zero attached hydrogens (tertiary/aromatic N) is 5. The van der Waals surface area contributed by atoms with Gasteiger partial charge in [-0.25, -0.2) is 14.5 Å². The average Bonchev–Trinajstić information content (AvgIpc) is 3.06. The lowest BCUT2D eigenvalue weighted by Crippen LogP contribution is -2.22. The highest BCUT2D eigenvalue weighted by molar-refractivity contribution is 7.98. The molecule has 0 aliphatic rings. The molecule has 0 fully saturated rings. The lowest BCUT2D eigenvalue weighted by Gasteiger charge is -2.12. The van der Waals surface area contributed by atoms with Crippen LogP contribution in [0.4, 0.5) is 0 Å². The highest BCUT2D eigenvalue weighted by Gasteiger charge is 2.15. The van der Waals surface area contributed by atoms with Gasteiger partial charge < -0.3 is 0 Å². The van der Waals surface area contributed by atoms with Gasteiger partial charge in [0.2, 0.25) is 0 Å². The minimum absolute atomic E-state index is 0.156. The van der Waals surface area contributed by atoms with E-state index in [4.69, 9.17) is 11.6 Å². The number of para-hydroxylation sites is 1. The second-order valence-electron chi connectivity index (χ2n) is 5.53. The smallest absolute Gasteiger partial charge is 0.267 e. The van der Waals surface area contributed by atoms with Crippen molar-refractivity contribution in [1.82, 2.24) is 24.1 Å². The van der Waals surface area contributed by atoms with Crippen LogP contribution in [0.15, 0.2) is 52.5 Å². The van der Waals surface area contributed by atoms with Gasteiger partial charge in [-0.3, -0.25) is 4.79 Å². The molecule has 3 heterocycles. The summed E-state index contributed by atoms with van der Waals surface area (Å²) < 4.78 is 5.91. The number of pyridine rings is 1. The second kappa shape index (κ2) is 7.14. The van der Waals surface area contributed by atoms with Crippen molar-refractivity contribution >= 4 is 45.8 Å². The van der Waals surface area contributed by atoms with Crippen molar-refractivity contribution in [1.29, 1.82) is 0 Å². The molecular weight excluding hydrogens is 390 g/mol. The van der Waals surface area contributed by atoms with E-state index < -0.39 is 0 Å². The number of rotatable bonds is 4. The van der Waals surface area contributed by atoms with E-state index in [1.54, 1.807) is 12.3 Å². The van der Waals surface area contributed by atoms with Gasteiger partial charge in [0.25, 0.3) is 5.56 Å². The molecule has 0 N–H and O–H groups in total. The maximum atomic E-state index is 13.1. The van der Waals surface area contributed by atoms with Gasteiger partial charge in [0.05, 0.1) is 10.9 Å². The Morgan fingerprint density at radius 1 is 1.23 bits per heavy atom. The van der Waals surface area contributed by atoms with Crippen molar-refractivity contribution in [3.63, 3.8) is 0 Å². The van der Waals surface area contributed by atoms with Crippen LogP contribution in [0.3, 0.4) is 0 Å². The molecule has 0 aliphatic heterocycles. The number of hydrogen-bond donors (Lipinski definition) is 0. The summed E-state index contributed by atoms with van der Waals surface area (Å²) in [6.45, 7) is 1.95. The van der Waals surface area contributed by atoms with Crippen molar-refractivity contribution < 1.29 is 0 Å². The van der Waals surface area contributed by atoms with E-state index in [0.717, 1.165) is 17.1 Å². The van der Waals surface area contributed by atoms with Crippen LogP contribution in [0.5, 0.6) is 0 Å². The van der Waals surface area contributed by atoms with E-state index in [-0.39, 0.29) is 5.56 Å². The predicted octanol–water partition coefficient (Wildman–Crippen LogP) is 3.89. The minimum atomic E-state index is -0.156. The molecule has 6 nitrogen and oxygen atoms in total. The van der Waals surface area contributed by atoms with Gasteiger partial charge in [0, 0.05) is 23.5 Å². The molecule has 26 heavy (non-hydrogen) atoms. The lowest BCUT2D eigenvalue weighted by molar-refractivity contribution is 0.794. The number of hydrogen-bond acceptors (Lipinski definition) is 7. The van der Waals surface area contributed by atoms with Gasteiger partial charge in [0.1, 0.15) is 15.8 Å². The van der Waals surface area contributed by atoms with E-state index in [9.17, 15) is 4.79 Å². The first-order valence-electron chi connectivity index (χ1n) is 7.68. The van der Waals surface area contributed by atoms with Gasteiger partial charge in [-0.2, -0.15) is 0 Å². The van der Waals surface area contributed by atoms with E-state index >= 15 is 0 Å². The minimum Gasteiger partial charge on any atom is -0.268 e. The van der Waals surface area contributed by atoms with E-state index in [1.165, 1.54) is 16.3 Å². The maximum absolute atomic E-state index is 13.1. The Labute approximate surface area is 162 Å². The summed E-state index contributed by atoms with van der Waals surface area (Å²) >= 11 is 8.60. The molecule has 0 radical (unpaired) electrons. The first kappa shape index (κ1) is 17.1. The molecule has 130 valence electrons. The largest absolute Gasteiger partial charge is 0.268 e. The number of fused-ring (bicyclic) bond motifs is 1. The zero-order chi connectivity index (χ0) is 18.1. The molecule has 4 rings (SSSR count). The summed E-state index contributed by atoms with van der Waals surface area (Å²) in [7, 11) is 0. The second-order valence-corrected chi connectivity index (χ2v) is 7.83. The van der Waals surface area contributed by atoms with Crippen molar-refractivity contribution in [2.24, 2.45) is 0 Å². The standard InChI is InChI=1S/C17H12ClN5OS2/c1-10-6-7-14(19-8-10)23-16(24)11-4-2-3-5-12(11)20-17(23)25-9-13-15(18)26-22-21-13/h2-8H,9H2,1H3. The lowest BCUT2D eigenvalue weighted by atomic mass is 10.2. The number of aromatic nitrogens is 5. The fraction of sp³-hybridized carbons (Fsp3) is 0.118. The Bertz CT molecular complexity index is 1140. The Kier molecular flexibility index (Phi) is 4.71. The zero-order valence-electron chi connectivity index (χ0n) is 13.6. The molecule has 0 bridgehead atoms. The van der Waals surface area contributed by atoms with Crippen LogP contribution in [0, 0.1) is 6.92 Å². The summed E-state index contributed by atoms with van der Waals surface area (Å²) in [6, 6.07) is 11.0. The zero-order valence-corrected chi connectivity index (χ0v) is 16.0. The number of aryl methyl sites for hydroxylation is 1. The number of thioether (sulfide) groups is 1. The highest BCUT2D eigenvalue weighted by atomic mass is 35.5. The van der Waals surface area contributed by atoms with E-state index in [1.807, 2.05) is 37.3 Å². The van der Waals surface area contributed by atoms with Gasteiger partial charge in [-0.15, -0.1) is 5.10 Å². The fourth-order valence-corrected chi connectivity index (χ4v) is 4.15. The van der Waals surface area contributed by atoms with Crippen LogP contribution in [0.2, 0.25) is 4.34 Å². The Morgan fingerprint density at radius 2 is 2.08 bits per heavy atom. The van der Waals surface area contributed by atoms with Gasteiger partial charge in [-0.1, -0.05) is 46.1 Å². The van der Waals surface area contributed by atoms with Crippen LogP contribution in [0.25, 0.3) is 16.7 Å². The molecule has 1 aromatic carbocycles. The molecule has 9 heteroatoms. The Morgan fingerprint density at radius 3 is 2.81 bits per heavy atom. The van der Waals surface area contributed by atoms with Crippen LogP contribution >= 0.6 is 34.9 Å². The quantitative estimate of drug-likeness (QED) is 0.381. The molecular formula is C17H12ClN5OS2. The molecule has 4 aromatic rings. The van der Waals surface area contributed by atoms with E-state index in [2.05, 4.69) is 19.6 Å². The Balaban J connectivity index is 1.86. The third kappa shape index (κ3) is 3.23. The van der Waals surface area contributed by atoms with Gasteiger partial charge in [0.15, 0.2) is 5.16 Å². The summed E-state index contributed by atoms with van der Waals surface area (Å²) in [6.07, 6.45) is 1.73. The molecule has 0 spiro atoms. The van der Waals surface area contributed by atoms with Crippen LogP contribution < -0.4 is 5.56 Å². The molecule has 0 aliphatic carbocycles. The normalized spacial score (nSPS) is 11.2. The topological polar surface area (TPSA) is 73.6 Å². The first-order chi connectivity index (χ1) is 12.6. The van der Waals surface area contributed by atoms with Crippen LogP contribution in [-0.4, -0.2) is 24.1 Å². The van der Waals surface area contributed by atoms with Gasteiger partial charge >= 0.3 is 0 Å². The molecule has 0 amide bonds. The van der Waals surface area contributed by atoms with Gasteiger partial charge in [-0.05, 0) is 30.7 Å². The monoisotopic (exact) mass is 401 g/mol. The highest BCUT2D eigenvalue weighted by Crippen LogP contribution is 2.27. The number of benzene rings is 1. The van der Waals surface area contributed by atoms with Crippen molar-refractivity contribution in [3.05, 3.63) is 68.5 Å².